The van der Waals surface area contributed by atoms with Gasteiger partial charge in [-0.15, -0.1) is 0 Å². The molecule has 0 aliphatic carbocycles. The van der Waals surface area contributed by atoms with Gasteiger partial charge in [0.25, 0.3) is 0 Å². The average molecular weight is 267 g/mol. The Labute approximate surface area is 110 Å². The third kappa shape index (κ3) is 4.60. The van der Waals surface area contributed by atoms with Gasteiger partial charge in [-0.05, 0) is 35.3 Å². The third-order valence-corrected chi connectivity index (χ3v) is 3.90. The summed E-state index contributed by atoms with van der Waals surface area (Å²) in [5.74, 6) is 0.0457. The fourth-order valence-electron chi connectivity index (χ4n) is 1.43. The van der Waals surface area contributed by atoms with Crippen LogP contribution in [-0.4, -0.2) is 28.4 Å². The van der Waals surface area contributed by atoms with Gasteiger partial charge in [-0.1, -0.05) is 19.1 Å². The fourth-order valence-corrected chi connectivity index (χ4v) is 2.53. The molecule has 0 aromatic heterocycles. The van der Waals surface area contributed by atoms with E-state index in [1.54, 1.807) is 31.2 Å². The van der Waals surface area contributed by atoms with Crippen LogP contribution in [0, 0.1) is 0 Å². The van der Waals surface area contributed by atoms with Gasteiger partial charge in [-0.2, -0.15) is 0 Å². The Bertz CT molecular complexity index is 405. The second-order valence-electron chi connectivity index (χ2n) is 4.03. The molecule has 0 spiro atoms. The lowest BCUT2D eigenvalue weighted by atomic mass is 10.1. The summed E-state index contributed by atoms with van der Waals surface area (Å²) in [4.78, 5) is 22.3. The largest absolute Gasteiger partial charge is 0.611 e. The van der Waals surface area contributed by atoms with Crippen LogP contribution in [0.3, 0.4) is 0 Å². The molecule has 0 saturated carbocycles. The minimum atomic E-state index is -1.29. The standard InChI is InChI=1S/C13H17NO3S/c1-2-12(16)9-18(17)13-5-3-10(4-6-13)7-11(14)8-15/h3-6,8,11H,2,7,9,14H2,1H3. The number of nitrogens with two attached hydrogens (primary N) is 1. The molecular weight excluding hydrogens is 250 g/mol. The van der Waals surface area contributed by atoms with Gasteiger partial charge in [0.1, 0.15) is 6.29 Å². The van der Waals surface area contributed by atoms with Gasteiger partial charge < -0.3 is 15.1 Å². The van der Waals surface area contributed by atoms with Crippen LogP contribution in [-0.2, 0) is 27.2 Å². The second-order valence-corrected chi connectivity index (χ2v) is 5.48. The summed E-state index contributed by atoms with van der Waals surface area (Å²) in [6, 6.07) is 6.49. The van der Waals surface area contributed by atoms with Crippen LogP contribution in [0.25, 0.3) is 0 Å². The zero-order chi connectivity index (χ0) is 13.5. The van der Waals surface area contributed by atoms with E-state index in [4.69, 9.17) is 5.73 Å². The SMILES string of the molecule is CCC(=O)C[S+]([O-])c1ccc(CC(N)C=O)cc1. The van der Waals surface area contributed by atoms with E-state index in [1.807, 2.05) is 0 Å². The van der Waals surface area contributed by atoms with Gasteiger partial charge in [0.2, 0.25) is 0 Å². The van der Waals surface area contributed by atoms with Crippen molar-refractivity contribution in [2.45, 2.75) is 30.7 Å². The number of aldehydes is 1. The molecule has 0 fully saturated rings. The summed E-state index contributed by atoms with van der Waals surface area (Å²) in [6.45, 7) is 1.75. The molecule has 2 atom stereocenters. The van der Waals surface area contributed by atoms with Crippen molar-refractivity contribution in [3.05, 3.63) is 29.8 Å². The molecule has 1 aromatic carbocycles. The quantitative estimate of drug-likeness (QED) is 0.586. The number of carbonyl (C=O) groups is 2. The maximum Gasteiger partial charge on any atom is 0.182 e. The van der Waals surface area contributed by atoms with E-state index in [-0.39, 0.29) is 11.5 Å². The molecule has 2 unspecified atom stereocenters. The van der Waals surface area contributed by atoms with Crippen molar-refractivity contribution < 1.29 is 14.1 Å². The molecule has 1 rings (SSSR count). The zero-order valence-electron chi connectivity index (χ0n) is 10.3. The fraction of sp³-hybridized carbons (Fsp3) is 0.385. The molecule has 0 amide bonds. The number of rotatable bonds is 7. The van der Waals surface area contributed by atoms with E-state index in [0.29, 0.717) is 24.0 Å². The van der Waals surface area contributed by atoms with E-state index in [9.17, 15) is 14.1 Å². The average Bonchev–Trinajstić information content (AvgIpc) is 2.39. The summed E-state index contributed by atoms with van der Waals surface area (Å²) < 4.78 is 11.8. The molecule has 98 valence electrons. The lowest BCUT2D eigenvalue weighted by Crippen LogP contribution is -2.24. The number of hydrogen-bond donors (Lipinski definition) is 1. The molecule has 0 bridgehead atoms. The first-order valence-corrected chi connectivity index (χ1v) is 7.08. The van der Waals surface area contributed by atoms with Crippen LogP contribution in [0.4, 0.5) is 0 Å². The Morgan fingerprint density at radius 1 is 1.44 bits per heavy atom. The van der Waals surface area contributed by atoms with Crippen LogP contribution in [0.15, 0.2) is 29.2 Å². The minimum Gasteiger partial charge on any atom is -0.611 e. The van der Waals surface area contributed by atoms with E-state index in [2.05, 4.69) is 0 Å². The molecule has 0 heterocycles. The number of Topliss-reactive ketones (excluding diaryl/α,β-unsaturated/α-hetero) is 1. The summed E-state index contributed by atoms with van der Waals surface area (Å²) in [6.07, 6.45) is 1.56. The third-order valence-electron chi connectivity index (χ3n) is 2.52. The van der Waals surface area contributed by atoms with Crippen molar-refractivity contribution in [2.75, 3.05) is 5.75 Å². The molecule has 0 aliphatic rings. The first kappa shape index (κ1) is 14.9. The molecular formula is C13H17NO3S. The van der Waals surface area contributed by atoms with Crippen molar-refractivity contribution in [1.29, 1.82) is 0 Å². The lowest BCUT2D eigenvalue weighted by Gasteiger charge is -2.10. The van der Waals surface area contributed by atoms with E-state index < -0.39 is 17.2 Å². The van der Waals surface area contributed by atoms with Crippen LogP contribution in [0.5, 0.6) is 0 Å². The molecule has 0 saturated heterocycles. The van der Waals surface area contributed by atoms with Crippen LogP contribution < -0.4 is 5.73 Å². The first-order valence-electron chi connectivity index (χ1n) is 5.76. The Morgan fingerprint density at radius 2 is 2.06 bits per heavy atom. The van der Waals surface area contributed by atoms with Gasteiger partial charge >= 0.3 is 0 Å². The van der Waals surface area contributed by atoms with Gasteiger partial charge in [0, 0.05) is 6.42 Å². The summed E-state index contributed by atoms with van der Waals surface area (Å²) in [5.41, 5.74) is 6.43. The summed E-state index contributed by atoms with van der Waals surface area (Å²) >= 11 is -1.29. The van der Waals surface area contributed by atoms with Gasteiger partial charge in [-0.25, -0.2) is 0 Å². The molecule has 4 nitrogen and oxygen atoms in total. The highest BCUT2D eigenvalue weighted by Gasteiger charge is 2.15. The monoisotopic (exact) mass is 267 g/mol. The van der Waals surface area contributed by atoms with E-state index >= 15 is 0 Å². The number of benzene rings is 1. The van der Waals surface area contributed by atoms with E-state index in [1.165, 1.54) is 0 Å². The van der Waals surface area contributed by atoms with Crippen molar-refractivity contribution >= 4 is 23.2 Å². The van der Waals surface area contributed by atoms with Gasteiger partial charge in [-0.3, -0.25) is 4.79 Å². The summed E-state index contributed by atoms with van der Waals surface area (Å²) in [5, 5.41) is 0. The Balaban J connectivity index is 2.64. The first-order chi connectivity index (χ1) is 8.56. The maximum atomic E-state index is 11.8. The Hall–Kier alpha value is -1.17. The van der Waals surface area contributed by atoms with Crippen molar-refractivity contribution in [3.8, 4) is 0 Å². The normalized spacial score (nSPS) is 13.9. The van der Waals surface area contributed by atoms with Crippen molar-refractivity contribution in [1.82, 2.24) is 0 Å². The second kappa shape index (κ2) is 7.31. The molecule has 1 aromatic rings. The van der Waals surface area contributed by atoms with Crippen LogP contribution >= 0.6 is 0 Å². The maximum absolute atomic E-state index is 11.8. The smallest absolute Gasteiger partial charge is 0.182 e. The number of hydrogen-bond acceptors (Lipinski definition) is 4. The van der Waals surface area contributed by atoms with Crippen molar-refractivity contribution in [2.24, 2.45) is 5.73 Å². The number of ketones is 1. The van der Waals surface area contributed by atoms with Gasteiger partial charge in [0.15, 0.2) is 16.4 Å². The topological polar surface area (TPSA) is 83.2 Å². The Kier molecular flexibility index (Phi) is 6.04. The molecule has 18 heavy (non-hydrogen) atoms. The lowest BCUT2D eigenvalue weighted by molar-refractivity contribution is -0.116. The van der Waals surface area contributed by atoms with Crippen LogP contribution in [0.1, 0.15) is 18.9 Å². The molecule has 0 aliphatic heterocycles. The molecule has 0 radical (unpaired) electrons. The number of carbonyl (C=O) groups excluding carboxylic acids is 2. The highest BCUT2D eigenvalue weighted by molar-refractivity contribution is 7.92. The molecule has 2 N–H and O–H groups in total. The minimum absolute atomic E-state index is 0.0135. The van der Waals surface area contributed by atoms with Crippen LogP contribution in [0.2, 0.25) is 0 Å². The highest BCUT2D eigenvalue weighted by Crippen LogP contribution is 2.13. The molecule has 5 heteroatoms. The highest BCUT2D eigenvalue weighted by atomic mass is 32.2. The summed E-state index contributed by atoms with van der Waals surface area (Å²) in [7, 11) is 0. The predicted molar refractivity (Wildman–Crippen MR) is 70.8 cm³/mol. The van der Waals surface area contributed by atoms with Crippen molar-refractivity contribution in [3.63, 3.8) is 0 Å². The predicted octanol–water partition coefficient (Wildman–Crippen LogP) is 0.842. The Morgan fingerprint density at radius 3 is 2.56 bits per heavy atom. The van der Waals surface area contributed by atoms with E-state index in [0.717, 1.165) is 5.56 Å². The van der Waals surface area contributed by atoms with Gasteiger partial charge in [0.05, 0.1) is 6.04 Å². The zero-order valence-corrected chi connectivity index (χ0v) is 11.1.